The molecular weight excluding hydrogens is 308 g/mol. The molecule has 1 fully saturated rings. The number of nitrogens with zero attached hydrogens (tertiary/aromatic N) is 4. The van der Waals surface area contributed by atoms with E-state index in [1.54, 1.807) is 7.05 Å². The summed E-state index contributed by atoms with van der Waals surface area (Å²) in [6.45, 7) is 0. The lowest BCUT2D eigenvalue weighted by Crippen LogP contribution is -2.32. The Morgan fingerprint density at radius 2 is 2.10 bits per heavy atom. The molecule has 0 aliphatic heterocycles. The molecule has 6 nitrogen and oxygen atoms in total. The maximum Gasteiger partial charge on any atom is 0.304 e. The van der Waals surface area contributed by atoms with Crippen molar-refractivity contribution >= 4 is 32.9 Å². The summed E-state index contributed by atoms with van der Waals surface area (Å²) in [6, 6.07) is 2.36. The average Bonchev–Trinajstić information content (AvgIpc) is 3.09. The van der Waals surface area contributed by atoms with Gasteiger partial charge in [-0.05, 0) is 24.2 Å². The molecule has 0 N–H and O–H groups in total. The topological polar surface area (TPSA) is 94.6 Å². The standard InChI is InChI=1S/C13H14N4O2S2/c1-17-10(18)8-9(20-12(15-8)21(2)19)16-11(17)13(7-14)5-3-4-6-13/h3-6H2,1-2H3. The van der Waals surface area contributed by atoms with Gasteiger partial charge in [0.15, 0.2) is 10.3 Å². The zero-order valence-corrected chi connectivity index (χ0v) is 13.4. The van der Waals surface area contributed by atoms with Crippen LogP contribution >= 0.6 is 11.3 Å². The monoisotopic (exact) mass is 322 g/mol. The number of nitriles is 1. The van der Waals surface area contributed by atoms with Gasteiger partial charge in [0, 0.05) is 18.2 Å². The Hall–Kier alpha value is -1.43. The van der Waals surface area contributed by atoms with Crippen molar-refractivity contribution in [3.05, 3.63) is 16.2 Å². The number of fused-ring (bicyclic) bond motifs is 1. The molecular formula is C13H14N4O2S2. The fraction of sp³-hybridized carbons (Fsp3) is 0.538. The van der Waals surface area contributed by atoms with Crippen molar-refractivity contribution in [3.8, 4) is 6.07 Å². The van der Waals surface area contributed by atoms with Gasteiger partial charge in [0.2, 0.25) is 0 Å². The van der Waals surface area contributed by atoms with E-state index in [0.29, 0.717) is 15.0 Å². The first-order valence-corrected chi connectivity index (χ1v) is 8.99. The van der Waals surface area contributed by atoms with E-state index < -0.39 is 16.6 Å². The minimum absolute atomic E-state index is 0.238. The van der Waals surface area contributed by atoms with Gasteiger partial charge in [-0.25, -0.2) is 4.98 Å². The Morgan fingerprint density at radius 3 is 2.67 bits per heavy atom. The molecule has 1 saturated carbocycles. The lowest BCUT2D eigenvalue weighted by atomic mass is 9.87. The summed E-state index contributed by atoms with van der Waals surface area (Å²) >= 11 is -0.0778. The van der Waals surface area contributed by atoms with Crippen LogP contribution < -0.4 is 5.56 Å². The third kappa shape index (κ3) is 2.16. The minimum atomic E-state index is -1.24. The average molecular weight is 322 g/mol. The van der Waals surface area contributed by atoms with E-state index in [1.807, 2.05) is 0 Å². The fourth-order valence-electron chi connectivity index (χ4n) is 2.85. The van der Waals surface area contributed by atoms with Crippen LogP contribution in [0.1, 0.15) is 31.5 Å². The number of hydrogen-bond acceptors (Lipinski definition) is 6. The van der Waals surface area contributed by atoms with Crippen LogP contribution in [0.5, 0.6) is 0 Å². The third-order valence-electron chi connectivity index (χ3n) is 3.97. The van der Waals surface area contributed by atoms with Crippen LogP contribution in [0.15, 0.2) is 9.13 Å². The first-order valence-electron chi connectivity index (χ1n) is 6.61. The normalized spacial score (nSPS) is 18.8. The zero-order valence-electron chi connectivity index (χ0n) is 11.8. The predicted molar refractivity (Wildman–Crippen MR) is 80.7 cm³/mol. The summed E-state index contributed by atoms with van der Waals surface area (Å²) < 4.78 is 13.4. The molecule has 0 bridgehead atoms. The molecule has 1 aliphatic carbocycles. The highest BCUT2D eigenvalue weighted by atomic mass is 32.2. The molecule has 1 unspecified atom stereocenters. The summed E-state index contributed by atoms with van der Waals surface area (Å²) in [4.78, 5) is 21.6. The van der Waals surface area contributed by atoms with Crippen molar-refractivity contribution in [1.29, 1.82) is 5.26 Å². The summed E-state index contributed by atoms with van der Waals surface area (Å²) in [5, 5.41) is 9.58. The van der Waals surface area contributed by atoms with Gasteiger partial charge in [-0.1, -0.05) is 12.8 Å². The highest BCUT2D eigenvalue weighted by molar-refractivity contribution is 7.92. The van der Waals surface area contributed by atoms with Crippen molar-refractivity contribution in [2.75, 3.05) is 6.26 Å². The molecule has 3 rings (SSSR count). The summed E-state index contributed by atoms with van der Waals surface area (Å²) in [6.07, 6.45) is 4.90. The van der Waals surface area contributed by atoms with E-state index >= 15 is 0 Å². The van der Waals surface area contributed by atoms with Gasteiger partial charge in [0.25, 0.3) is 5.56 Å². The second kappa shape index (κ2) is 5.09. The summed E-state index contributed by atoms with van der Waals surface area (Å²) in [7, 11) is 1.63. The van der Waals surface area contributed by atoms with Gasteiger partial charge in [-0.2, -0.15) is 10.2 Å². The van der Waals surface area contributed by atoms with Crippen LogP contribution in [-0.4, -0.2) is 25.3 Å². The van der Waals surface area contributed by atoms with Crippen LogP contribution in [0.4, 0.5) is 0 Å². The Kier molecular flexibility index (Phi) is 3.51. The van der Waals surface area contributed by atoms with Crippen LogP contribution in [-0.2, 0) is 23.6 Å². The number of aromatic nitrogens is 3. The van der Waals surface area contributed by atoms with Gasteiger partial charge in [0.05, 0.1) is 6.07 Å². The fourth-order valence-corrected chi connectivity index (χ4v) is 4.44. The maximum absolute atomic E-state index is 12.5. The third-order valence-corrected chi connectivity index (χ3v) is 6.25. The SMILES string of the molecule is Cn1c(C2(C#N)CCCC2)nc2sc([S+](C)[O-])nc2c1=O. The van der Waals surface area contributed by atoms with E-state index in [4.69, 9.17) is 0 Å². The quantitative estimate of drug-likeness (QED) is 0.780. The van der Waals surface area contributed by atoms with Crippen LogP contribution in [0, 0.1) is 11.3 Å². The summed E-state index contributed by atoms with van der Waals surface area (Å²) in [5.41, 5.74) is -0.718. The Bertz CT molecular complexity index is 797. The lowest BCUT2D eigenvalue weighted by Gasteiger charge is -2.21. The molecule has 0 aromatic carbocycles. The Morgan fingerprint density at radius 1 is 1.43 bits per heavy atom. The van der Waals surface area contributed by atoms with E-state index in [2.05, 4.69) is 16.0 Å². The molecule has 0 radical (unpaired) electrons. The molecule has 0 saturated heterocycles. The largest absolute Gasteiger partial charge is 0.610 e. The minimum Gasteiger partial charge on any atom is -0.610 e. The van der Waals surface area contributed by atoms with Crippen LogP contribution in [0.25, 0.3) is 10.3 Å². The van der Waals surface area contributed by atoms with E-state index in [1.165, 1.54) is 22.2 Å². The zero-order chi connectivity index (χ0) is 15.2. The van der Waals surface area contributed by atoms with Crippen molar-refractivity contribution < 1.29 is 4.55 Å². The molecule has 2 heterocycles. The first-order chi connectivity index (χ1) is 9.98. The van der Waals surface area contributed by atoms with Gasteiger partial charge >= 0.3 is 4.34 Å². The maximum atomic E-state index is 12.5. The molecule has 2 aromatic heterocycles. The molecule has 2 aromatic rings. The van der Waals surface area contributed by atoms with E-state index in [9.17, 15) is 14.6 Å². The van der Waals surface area contributed by atoms with Crippen molar-refractivity contribution in [2.24, 2.45) is 7.05 Å². The molecule has 21 heavy (non-hydrogen) atoms. The van der Waals surface area contributed by atoms with Gasteiger partial charge < -0.3 is 4.55 Å². The molecule has 1 aliphatic rings. The second-order valence-electron chi connectivity index (χ2n) is 5.29. The van der Waals surface area contributed by atoms with Crippen LogP contribution in [0.2, 0.25) is 0 Å². The molecule has 8 heteroatoms. The Labute approximate surface area is 128 Å². The number of thiazole rings is 1. The number of hydrogen-bond donors (Lipinski definition) is 0. The van der Waals surface area contributed by atoms with Crippen LogP contribution in [0.3, 0.4) is 0 Å². The van der Waals surface area contributed by atoms with Crippen molar-refractivity contribution in [3.63, 3.8) is 0 Å². The molecule has 0 spiro atoms. The van der Waals surface area contributed by atoms with Crippen molar-refractivity contribution in [1.82, 2.24) is 14.5 Å². The predicted octanol–water partition coefficient (Wildman–Crippen LogP) is 1.46. The Balaban J connectivity index is 2.28. The lowest BCUT2D eigenvalue weighted by molar-refractivity contribution is 0.501. The van der Waals surface area contributed by atoms with Gasteiger partial charge in [-0.15, -0.1) is 0 Å². The highest BCUT2D eigenvalue weighted by Gasteiger charge is 2.40. The van der Waals surface area contributed by atoms with Crippen molar-refractivity contribution in [2.45, 2.75) is 35.4 Å². The highest BCUT2D eigenvalue weighted by Crippen LogP contribution is 2.39. The van der Waals surface area contributed by atoms with E-state index in [0.717, 1.165) is 25.7 Å². The second-order valence-corrected chi connectivity index (χ2v) is 7.82. The molecule has 1 atom stereocenters. The molecule has 110 valence electrons. The summed E-state index contributed by atoms with van der Waals surface area (Å²) in [5.74, 6) is 0.511. The van der Waals surface area contributed by atoms with E-state index in [-0.39, 0.29) is 11.1 Å². The smallest absolute Gasteiger partial charge is 0.304 e. The number of rotatable bonds is 2. The molecule has 0 amide bonds. The van der Waals surface area contributed by atoms with Gasteiger partial charge in [-0.3, -0.25) is 9.36 Å². The first kappa shape index (κ1) is 14.5. The van der Waals surface area contributed by atoms with Gasteiger partial charge in [0.1, 0.15) is 17.5 Å².